The number of hydrogen-bond acceptors (Lipinski definition) is 4. The topological polar surface area (TPSA) is 78.4 Å². The fourth-order valence-electron chi connectivity index (χ4n) is 1.90. The molecular weight excluding hydrogens is 312 g/mol. The van der Waals surface area contributed by atoms with Gasteiger partial charge in [-0.25, -0.2) is 0 Å². The Balaban J connectivity index is 1.96. The molecule has 0 aliphatic rings. The van der Waals surface area contributed by atoms with Gasteiger partial charge in [-0.1, -0.05) is 13.0 Å². The van der Waals surface area contributed by atoms with Crippen LogP contribution in [-0.4, -0.2) is 29.6 Å². The largest absolute Gasteiger partial charge is 0.396 e. The Labute approximate surface area is 139 Å². The van der Waals surface area contributed by atoms with Crippen molar-refractivity contribution in [1.29, 1.82) is 0 Å². The van der Waals surface area contributed by atoms with Gasteiger partial charge in [0.15, 0.2) is 0 Å². The summed E-state index contributed by atoms with van der Waals surface area (Å²) in [5, 5.41) is 16.6. The van der Waals surface area contributed by atoms with E-state index in [1.807, 2.05) is 25.3 Å². The van der Waals surface area contributed by atoms with E-state index in [-0.39, 0.29) is 30.4 Å². The molecule has 2 unspecified atom stereocenters. The predicted molar refractivity (Wildman–Crippen MR) is 91.9 cm³/mol. The first-order chi connectivity index (χ1) is 11.0. The number of anilines is 1. The third kappa shape index (κ3) is 4.64. The molecule has 2 aromatic rings. The molecule has 122 valence electrons. The maximum absolute atomic E-state index is 12.1. The highest BCUT2D eigenvalue weighted by Crippen LogP contribution is 2.14. The Morgan fingerprint density at radius 3 is 2.39 bits per heavy atom. The average molecular weight is 332 g/mol. The van der Waals surface area contributed by atoms with Gasteiger partial charge in [0.1, 0.15) is 0 Å². The van der Waals surface area contributed by atoms with E-state index in [2.05, 4.69) is 10.6 Å². The van der Waals surface area contributed by atoms with Crippen LogP contribution in [-0.2, 0) is 0 Å². The molecule has 0 saturated carbocycles. The van der Waals surface area contributed by atoms with Gasteiger partial charge in [0, 0.05) is 23.9 Å². The molecule has 2 amide bonds. The smallest absolute Gasteiger partial charge is 0.265 e. The Morgan fingerprint density at radius 1 is 1.13 bits per heavy atom. The summed E-state index contributed by atoms with van der Waals surface area (Å²) in [5.74, 6) is -0.375. The molecule has 0 aliphatic heterocycles. The molecule has 1 aromatic carbocycles. The van der Waals surface area contributed by atoms with Gasteiger partial charge in [0.25, 0.3) is 11.8 Å². The first kappa shape index (κ1) is 17.2. The number of rotatable bonds is 6. The van der Waals surface area contributed by atoms with Crippen LogP contribution in [0.3, 0.4) is 0 Å². The highest BCUT2D eigenvalue weighted by Gasteiger charge is 2.15. The van der Waals surface area contributed by atoms with Crippen LogP contribution in [0, 0.1) is 5.92 Å². The Bertz CT molecular complexity index is 653. The standard InChI is InChI=1S/C17H20N2O3S/c1-11(10-20)12(2)18-16(21)13-5-7-14(8-6-13)19-17(22)15-4-3-9-23-15/h3-9,11-12,20H,10H2,1-2H3,(H,18,21)(H,19,22). The number of thiophene rings is 1. The number of aliphatic hydroxyl groups is 1. The molecule has 2 atom stereocenters. The van der Waals surface area contributed by atoms with E-state index in [9.17, 15) is 9.59 Å². The van der Waals surface area contributed by atoms with Gasteiger partial charge >= 0.3 is 0 Å². The van der Waals surface area contributed by atoms with Crippen molar-refractivity contribution in [1.82, 2.24) is 5.32 Å². The number of benzene rings is 1. The molecule has 0 spiro atoms. The monoisotopic (exact) mass is 332 g/mol. The lowest BCUT2D eigenvalue weighted by molar-refractivity contribution is 0.0916. The summed E-state index contributed by atoms with van der Waals surface area (Å²) in [7, 11) is 0. The van der Waals surface area contributed by atoms with E-state index >= 15 is 0 Å². The Kier molecular flexibility index (Phi) is 5.90. The highest BCUT2D eigenvalue weighted by atomic mass is 32.1. The van der Waals surface area contributed by atoms with Crippen molar-refractivity contribution in [2.24, 2.45) is 5.92 Å². The van der Waals surface area contributed by atoms with Gasteiger partial charge in [0.05, 0.1) is 4.88 Å². The Hall–Kier alpha value is -2.18. The summed E-state index contributed by atoms with van der Waals surface area (Å²) in [6.07, 6.45) is 0. The zero-order chi connectivity index (χ0) is 16.8. The number of nitrogens with one attached hydrogen (secondary N) is 2. The zero-order valence-electron chi connectivity index (χ0n) is 13.1. The summed E-state index contributed by atoms with van der Waals surface area (Å²) in [6.45, 7) is 3.75. The lowest BCUT2D eigenvalue weighted by Gasteiger charge is -2.19. The minimum Gasteiger partial charge on any atom is -0.396 e. The summed E-state index contributed by atoms with van der Waals surface area (Å²) in [6, 6.07) is 10.2. The maximum Gasteiger partial charge on any atom is 0.265 e. The summed E-state index contributed by atoms with van der Waals surface area (Å²) in [5.41, 5.74) is 1.15. The van der Waals surface area contributed by atoms with E-state index in [1.54, 1.807) is 30.3 Å². The summed E-state index contributed by atoms with van der Waals surface area (Å²) < 4.78 is 0. The SMILES string of the molecule is CC(CO)C(C)NC(=O)c1ccc(NC(=O)c2cccs2)cc1. The van der Waals surface area contributed by atoms with Crippen LogP contribution in [0.2, 0.25) is 0 Å². The molecule has 3 N–H and O–H groups in total. The number of aliphatic hydroxyl groups excluding tert-OH is 1. The molecule has 1 heterocycles. The van der Waals surface area contributed by atoms with Crippen LogP contribution in [0.5, 0.6) is 0 Å². The normalized spacial score (nSPS) is 13.2. The van der Waals surface area contributed by atoms with E-state index in [4.69, 9.17) is 5.11 Å². The van der Waals surface area contributed by atoms with E-state index in [0.717, 1.165) is 0 Å². The lowest BCUT2D eigenvalue weighted by Crippen LogP contribution is -2.38. The van der Waals surface area contributed by atoms with Crippen molar-refractivity contribution >= 4 is 28.8 Å². The van der Waals surface area contributed by atoms with E-state index < -0.39 is 0 Å². The molecular formula is C17H20N2O3S. The summed E-state index contributed by atoms with van der Waals surface area (Å²) >= 11 is 1.37. The van der Waals surface area contributed by atoms with Crippen LogP contribution in [0.15, 0.2) is 41.8 Å². The molecule has 5 nitrogen and oxygen atoms in total. The third-order valence-electron chi connectivity index (χ3n) is 3.65. The molecule has 2 rings (SSSR count). The fourth-order valence-corrected chi connectivity index (χ4v) is 2.51. The molecule has 23 heavy (non-hydrogen) atoms. The maximum atomic E-state index is 12.1. The molecule has 0 radical (unpaired) electrons. The lowest BCUT2D eigenvalue weighted by atomic mass is 10.0. The van der Waals surface area contributed by atoms with Crippen LogP contribution in [0.1, 0.15) is 33.9 Å². The quantitative estimate of drug-likeness (QED) is 0.761. The van der Waals surface area contributed by atoms with Gasteiger partial charge in [-0.3, -0.25) is 9.59 Å². The van der Waals surface area contributed by atoms with Crippen LogP contribution in [0.25, 0.3) is 0 Å². The van der Waals surface area contributed by atoms with Gasteiger partial charge in [-0.2, -0.15) is 0 Å². The minimum absolute atomic E-state index is 0.0108. The van der Waals surface area contributed by atoms with Crippen molar-refractivity contribution in [3.8, 4) is 0 Å². The van der Waals surface area contributed by atoms with Crippen LogP contribution >= 0.6 is 11.3 Å². The third-order valence-corrected chi connectivity index (χ3v) is 4.52. The number of carbonyl (C=O) groups excluding carboxylic acids is 2. The molecule has 0 bridgehead atoms. The second kappa shape index (κ2) is 7.89. The van der Waals surface area contributed by atoms with E-state index in [0.29, 0.717) is 16.1 Å². The molecule has 1 aromatic heterocycles. The molecule has 0 aliphatic carbocycles. The second-order valence-corrected chi connectivity index (χ2v) is 6.38. The first-order valence-electron chi connectivity index (χ1n) is 7.38. The van der Waals surface area contributed by atoms with Gasteiger partial charge < -0.3 is 15.7 Å². The van der Waals surface area contributed by atoms with Crippen LogP contribution < -0.4 is 10.6 Å². The Morgan fingerprint density at radius 2 is 1.83 bits per heavy atom. The molecule has 0 fully saturated rings. The fraction of sp³-hybridized carbons (Fsp3) is 0.294. The minimum atomic E-state index is -0.200. The zero-order valence-corrected chi connectivity index (χ0v) is 13.9. The van der Waals surface area contributed by atoms with Crippen molar-refractivity contribution in [3.05, 3.63) is 52.2 Å². The molecule has 0 saturated heterocycles. The number of amides is 2. The highest BCUT2D eigenvalue weighted by molar-refractivity contribution is 7.12. The molecule has 6 heteroatoms. The average Bonchev–Trinajstić information content (AvgIpc) is 3.09. The van der Waals surface area contributed by atoms with Crippen LogP contribution in [0.4, 0.5) is 5.69 Å². The van der Waals surface area contributed by atoms with Crippen molar-refractivity contribution in [2.45, 2.75) is 19.9 Å². The first-order valence-corrected chi connectivity index (χ1v) is 8.26. The van der Waals surface area contributed by atoms with Gasteiger partial charge in [-0.05, 0) is 48.6 Å². The van der Waals surface area contributed by atoms with Crippen molar-refractivity contribution in [2.75, 3.05) is 11.9 Å². The van der Waals surface area contributed by atoms with E-state index in [1.165, 1.54) is 11.3 Å². The van der Waals surface area contributed by atoms with Gasteiger partial charge in [0.2, 0.25) is 0 Å². The predicted octanol–water partition coefficient (Wildman–Crippen LogP) is 2.75. The number of carbonyl (C=O) groups is 2. The van der Waals surface area contributed by atoms with Crippen molar-refractivity contribution < 1.29 is 14.7 Å². The summed E-state index contributed by atoms with van der Waals surface area (Å²) in [4.78, 5) is 24.7. The van der Waals surface area contributed by atoms with Crippen molar-refractivity contribution in [3.63, 3.8) is 0 Å². The second-order valence-electron chi connectivity index (χ2n) is 5.43. The van der Waals surface area contributed by atoms with Gasteiger partial charge in [-0.15, -0.1) is 11.3 Å². The number of hydrogen-bond donors (Lipinski definition) is 3.